The van der Waals surface area contributed by atoms with Crippen LogP contribution in [0.2, 0.25) is 0 Å². The number of carbonyl (C=O) groups excluding carboxylic acids is 2. The number of halogens is 1. The van der Waals surface area contributed by atoms with Gasteiger partial charge in [0.05, 0.1) is 25.8 Å². The van der Waals surface area contributed by atoms with Crippen LogP contribution < -0.4 is 10.2 Å². The van der Waals surface area contributed by atoms with E-state index in [9.17, 15) is 14.0 Å². The van der Waals surface area contributed by atoms with Gasteiger partial charge in [0, 0.05) is 18.9 Å². The Morgan fingerprint density at radius 1 is 1.21 bits per heavy atom. The highest BCUT2D eigenvalue weighted by atomic mass is 19.1. The summed E-state index contributed by atoms with van der Waals surface area (Å²) in [7, 11) is 1.74. The van der Waals surface area contributed by atoms with E-state index < -0.39 is 18.0 Å². The smallest absolute Gasteiger partial charge is 0.414 e. The van der Waals surface area contributed by atoms with Crippen LogP contribution >= 0.6 is 0 Å². The number of hydrogen-bond acceptors (Lipinski definition) is 6. The van der Waals surface area contributed by atoms with E-state index in [1.54, 1.807) is 19.2 Å². The molecule has 10 heteroatoms. The van der Waals surface area contributed by atoms with E-state index in [4.69, 9.17) is 4.74 Å². The van der Waals surface area contributed by atoms with Gasteiger partial charge in [-0.25, -0.2) is 9.18 Å². The summed E-state index contributed by atoms with van der Waals surface area (Å²) in [6, 6.07) is 12.4. The first-order chi connectivity index (χ1) is 15.9. The van der Waals surface area contributed by atoms with Crippen LogP contribution in [-0.4, -0.2) is 51.4 Å². The standard InChI is InChI=1S/C23H25FN6O3/c1-15(31)25-13-19-14-30(23(32)33-19)18-10-11-20(21(24)12-18)17-8-6-16(7-9-17)4-3-5-22-26-28-29(2)27-22/h6-12,19H,3-5,13-14H2,1-2H3,(H,25,31)/t19-/m0/s1. The van der Waals surface area contributed by atoms with Crippen LogP contribution in [0.15, 0.2) is 42.5 Å². The lowest BCUT2D eigenvalue weighted by atomic mass is 10.0. The molecule has 9 nitrogen and oxygen atoms in total. The molecule has 0 bridgehead atoms. The zero-order valence-electron chi connectivity index (χ0n) is 18.5. The second kappa shape index (κ2) is 9.76. The monoisotopic (exact) mass is 452 g/mol. The fourth-order valence-electron chi connectivity index (χ4n) is 3.73. The summed E-state index contributed by atoms with van der Waals surface area (Å²) in [6.07, 6.45) is 1.47. The largest absolute Gasteiger partial charge is 0.442 e. The molecule has 0 aliphatic carbocycles. The van der Waals surface area contributed by atoms with E-state index in [1.165, 1.54) is 22.7 Å². The Kier molecular flexibility index (Phi) is 6.62. The molecule has 33 heavy (non-hydrogen) atoms. The quantitative estimate of drug-likeness (QED) is 0.564. The van der Waals surface area contributed by atoms with E-state index in [-0.39, 0.29) is 19.0 Å². The lowest BCUT2D eigenvalue weighted by Crippen LogP contribution is -2.33. The van der Waals surface area contributed by atoms with Gasteiger partial charge in [0.15, 0.2) is 5.82 Å². The normalized spacial score (nSPS) is 15.5. The van der Waals surface area contributed by atoms with Crippen molar-refractivity contribution in [2.24, 2.45) is 7.05 Å². The maximum Gasteiger partial charge on any atom is 0.414 e. The fraction of sp³-hybridized carbons (Fsp3) is 0.348. The van der Waals surface area contributed by atoms with E-state index in [0.717, 1.165) is 36.2 Å². The number of cyclic esters (lactones) is 1. The average Bonchev–Trinajstić information content (AvgIpc) is 3.38. The summed E-state index contributed by atoms with van der Waals surface area (Å²) < 4.78 is 20.1. The number of rotatable bonds is 8. The molecule has 2 aromatic carbocycles. The number of aryl methyl sites for hydroxylation is 3. The molecule has 0 spiro atoms. The van der Waals surface area contributed by atoms with E-state index in [0.29, 0.717) is 11.3 Å². The molecule has 1 N–H and O–H groups in total. The van der Waals surface area contributed by atoms with Crippen LogP contribution in [0.5, 0.6) is 0 Å². The molecule has 4 rings (SSSR count). The van der Waals surface area contributed by atoms with Gasteiger partial charge >= 0.3 is 6.09 Å². The van der Waals surface area contributed by atoms with Crippen LogP contribution in [0.1, 0.15) is 24.7 Å². The maximum absolute atomic E-state index is 14.9. The molecule has 3 aromatic rings. The third-order valence-corrected chi connectivity index (χ3v) is 5.40. The van der Waals surface area contributed by atoms with Crippen molar-refractivity contribution in [3.05, 3.63) is 59.7 Å². The van der Waals surface area contributed by atoms with Crippen LogP contribution in [0.3, 0.4) is 0 Å². The van der Waals surface area contributed by atoms with Crippen molar-refractivity contribution in [1.29, 1.82) is 0 Å². The van der Waals surface area contributed by atoms with Crippen LogP contribution in [0.25, 0.3) is 11.1 Å². The number of nitrogens with zero attached hydrogens (tertiary/aromatic N) is 5. The third-order valence-electron chi connectivity index (χ3n) is 5.40. The molecule has 1 fully saturated rings. The molecule has 1 aliphatic rings. The Labute approximate surface area is 190 Å². The van der Waals surface area contributed by atoms with Gasteiger partial charge in [-0.2, -0.15) is 4.80 Å². The number of carbonyl (C=O) groups is 2. The number of nitrogens with one attached hydrogen (secondary N) is 1. The van der Waals surface area contributed by atoms with Gasteiger partial charge in [0.25, 0.3) is 0 Å². The molecular formula is C23H25FN6O3. The molecule has 0 radical (unpaired) electrons. The number of anilines is 1. The van der Waals surface area contributed by atoms with E-state index in [1.807, 2.05) is 24.3 Å². The zero-order valence-corrected chi connectivity index (χ0v) is 18.5. The van der Waals surface area contributed by atoms with Crippen molar-refractivity contribution in [2.75, 3.05) is 18.0 Å². The van der Waals surface area contributed by atoms with Gasteiger partial charge < -0.3 is 10.1 Å². The van der Waals surface area contributed by atoms with Crippen molar-refractivity contribution in [3.8, 4) is 11.1 Å². The fourth-order valence-corrected chi connectivity index (χ4v) is 3.73. The van der Waals surface area contributed by atoms with Crippen LogP contribution in [0, 0.1) is 5.82 Å². The predicted molar refractivity (Wildman–Crippen MR) is 119 cm³/mol. The number of tetrazole rings is 1. The first-order valence-corrected chi connectivity index (χ1v) is 10.7. The molecule has 0 unspecified atom stereocenters. The van der Waals surface area contributed by atoms with Gasteiger partial charge in [0.1, 0.15) is 11.9 Å². The summed E-state index contributed by atoms with van der Waals surface area (Å²) in [5.41, 5.74) is 2.77. The third kappa shape index (κ3) is 5.51. The second-order valence-corrected chi connectivity index (χ2v) is 7.96. The number of aromatic nitrogens is 4. The molecule has 1 aromatic heterocycles. The van der Waals surface area contributed by atoms with Crippen molar-refractivity contribution in [1.82, 2.24) is 25.5 Å². The van der Waals surface area contributed by atoms with Crippen molar-refractivity contribution >= 4 is 17.7 Å². The van der Waals surface area contributed by atoms with Gasteiger partial charge in [-0.3, -0.25) is 9.69 Å². The molecule has 2 heterocycles. The molecular weight excluding hydrogens is 427 g/mol. The first kappa shape index (κ1) is 22.4. The van der Waals surface area contributed by atoms with Crippen LogP contribution in [0.4, 0.5) is 14.9 Å². The highest BCUT2D eigenvalue weighted by Crippen LogP contribution is 2.29. The van der Waals surface area contributed by atoms with Gasteiger partial charge in [-0.15, -0.1) is 10.2 Å². The number of ether oxygens (including phenoxy) is 1. The predicted octanol–water partition coefficient (Wildman–Crippen LogP) is 2.65. The van der Waals surface area contributed by atoms with Gasteiger partial charge in [-0.05, 0) is 47.4 Å². The highest BCUT2D eigenvalue weighted by molar-refractivity contribution is 5.90. The Morgan fingerprint density at radius 2 is 2.00 bits per heavy atom. The molecule has 172 valence electrons. The Morgan fingerprint density at radius 3 is 2.67 bits per heavy atom. The summed E-state index contributed by atoms with van der Waals surface area (Å²) >= 11 is 0. The van der Waals surface area contributed by atoms with Gasteiger partial charge in [0.2, 0.25) is 5.91 Å². The minimum atomic E-state index is -0.557. The molecule has 0 saturated carbocycles. The molecule has 1 saturated heterocycles. The number of amides is 2. The average molecular weight is 452 g/mol. The SMILES string of the molecule is CC(=O)NC[C@H]1CN(c2ccc(-c3ccc(CCCc4nnn(C)n4)cc3)c(F)c2)C(=O)O1. The minimum Gasteiger partial charge on any atom is -0.442 e. The van der Waals surface area contributed by atoms with Crippen molar-refractivity contribution in [3.63, 3.8) is 0 Å². The maximum atomic E-state index is 14.9. The Bertz CT molecular complexity index is 1150. The van der Waals surface area contributed by atoms with Crippen molar-refractivity contribution in [2.45, 2.75) is 32.3 Å². The summed E-state index contributed by atoms with van der Waals surface area (Å²) in [5.74, 6) is 0.0973. The lowest BCUT2D eigenvalue weighted by molar-refractivity contribution is -0.119. The first-order valence-electron chi connectivity index (χ1n) is 10.7. The van der Waals surface area contributed by atoms with E-state index in [2.05, 4.69) is 20.7 Å². The lowest BCUT2D eigenvalue weighted by Gasteiger charge is -2.14. The molecule has 2 amide bonds. The summed E-state index contributed by atoms with van der Waals surface area (Å²) in [5, 5.41) is 14.6. The molecule has 1 atom stereocenters. The number of benzene rings is 2. The Hall–Kier alpha value is -3.82. The minimum absolute atomic E-state index is 0.201. The van der Waals surface area contributed by atoms with Crippen molar-refractivity contribution < 1.29 is 18.7 Å². The zero-order chi connectivity index (χ0) is 23.4. The van der Waals surface area contributed by atoms with Crippen LogP contribution in [-0.2, 0) is 29.4 Å². The number of hydrogen-bond donors (Lipinski definition) is 1. The highest BCUT2D eigenvalue weighted by Gasteiger charge is 2.32. The van der Waals surface area contributed by atoms with Gasteiger partial charge in [-0.1, -0.05) is 24.3 Å². The Balaban J connectivity index is 1.37. The molecule has 1 aliphatic heterocycles. The summed E-state index contributed by atoms with van der Waals surface area (Å²) in [6.45, 7) is 1.86. The summed E-state index contributed by atoms with van der Waals surface area (Å²) in [4.78, 5) is 26.0. The second-order valence-electron chi connectivity index (χ2n) is 7.96. The van der Waals surface area contributed by atoms with E-state index >= 15 is 0 Å². The topological polar surface area (TPSA) is 102 Å².